The Bertz CT molecular complexity index is 1520. The molecule has 0 aliphatic heterocycles. The van der Waals surface area contributed by atoms with E-state index in [0.717, 1.165) is 45.3 Å². The first kappa shape index (κ1) is 27.3. The fourth-order valence-corrected chi connectivity index (χ4v) is 4.42. The van der Waals surface area contributed by atoms with Gasteiger partial charge in [-0.2, -0.15) is 0 Å². The van der Waals surface area contributed by atoms with Gasteiger partial charge in [0.05, 0.1) is 14.2 Å². The highest BCUT2D eigenvalue weighted by Gasteiger charge is 2.15. The summed E-state index contributed by atoms with van der Waals surface area (Å²) in [6, 6.07) is 23.3. The van der Waals surface area contributed by atoms with Crippen LogP contribution in [0, 0.1) is 0 Å². The number of para-hydroxylation sites is 1. The van der Waals surface area contributed by atoms with Crippen LogP contribution >= 0.6 is 0 Å². The van der Waals surface area contributed by atoms with E-state index in [0.29, 0.717) is 25.1 Å². The summed E-state index contributed by atoms with van der Waals surface area (Å²) in [6.45, 7) is 2.45. The third kappa shape index (κ3) is 6.98. The van der Waals surface area contributed by atoms with E-state index in [9.17, 15) is 9.59 Å². The molecule has 5 aromatic rings. The van der Waals surface area contributed by atoms with Crippen LogP contribution in [-0.2, 0) is 17.6 Å². The highest BCUT2D eigenvalue weighted by atomic mass is 16.5. The van der Waals surface area contributed by atoms with Crippen LogP contribution in [0.2, 0.25) is 0 Å². The number of amides is 2. The number of nitrogens with one attached hydrogen (secondary N) is 4. The summed E-state index contributed by atoms with van der Waals surface area (Å²) in [4.78, 5) is 30.0. The smallest absolute Gasteiger partial charge is 0.267 e. The number of hydrogen-bond acceptors (Lipinski definition) is 4. The average molecular weight is 527 g/mol. The molecule has 2 heterocycles. The van der Waals surface area contributed by atoms with E-state index in [1.807, 2.05) is 60.8 Å². The molecule has 8 heteroatoms. The zero-order valence-electron chi connectivity index (χ0n) is 22.4. The Morgan fingerprint density at radius 3 is 2.51 bits per heavy atom. The molecule has 0 aliphatic carbocycles. The van der Waals surface area contributed by atoms with Crippen molar-refractivity contribution >= 4 is 34.1 Å². The quantitative estimate of drug-likeness (QED) is 0.192. The second-order valence-corrected chi connectivity index (χ2v) is 9.10. The van der Waals surface area contributed by atoms with Gasteiger partial charge in [0.15, 0.2) is 0 Å². The van der Waals surface area contributed by atoms with E-state index in [2.05, 4.69) is 39.7 Å². The molecule has 0 saturated heterocycles. The summed E-state index contributed by atoms with van der Waals surface area (Å²) >= 11 is 0. The monoisotopic (exact) mass is 526 g/mol. The lowest BCUT2D eigenvalue weighted by atomic mass is 10.0. The Morgan fingerprint density at radius 2 is 1.74 bits per heavy atom. The van der Waals surface area contributed by atoms with Gasteiger partial charge in [-0.15, -0.1) is 0 Å². The molecule has 0 aliphatic rings. The van der Waals surface area contributed by atoms with E-state index in [-0.39, 0.29) is 11.9 Å². The van der Waals surface area contributed by atoms with Gasteiger partial charge in [-0.1, -0.05) is 37.3 Å². The van der Waals surface area contributed by atoms with Crippen LogP contribution in [0.15, 0.2) is 79.0 Å². The second kappa shape index (κ2) is 13.2. The van der Waals surface area contributed by atoms with E-state index in [1.54, 1.807) is 20.3 Å². The molecule has 2 aromatic heterocycles. The first-order valence-electron chi connectivity index (χ1n) is 12.9. The van der Waals surface area contributed by atoms with Crippen LogP contribution < -0.4 is 20.1 Å². The topological polar surface area (TPSA) is 108 Å². The summed E-state index contributed by atoms with van der Waals surface area (Å²) in [7, 11) is 3.30. The molecule has 0 saturated carbocycles. The van der Waals surface area contributed by atoms with Crippen molar-refractivity contribution in [3.05, 3.63) is 95.8 Å². The molecule has 4 N–H and O–H groups in total. The van der Waals surface area contributed by atoms with Crippen molar-refractivity contribution < 1.29 is 19.1 Å². The fourth-order valence-electron chi connectivity index (χ4n) is 4.42. The maximum Gasteiger partial charge on any atom is 0.267 e. The number of aromatic amines is 2. The maximum atomic E-state index is 12.6. The minimum absolute atomic E-state index is 0.222. The van der Waals surface area contributed by atoms with Gasteiger partial charge >= 0.3 is 0 Å². The molecule has 0 fully saturated rings. The number of methoxy groups -OCH3 is 2. The molecular weight excluding hydrogens is 492 g/mol. The zero-order valence-corrected chi connectivity index (χ0v) is 22.4. The number of fused-ring (bicyclic) bond motifs is 2. The fraction of sp³-hybridized carbons (Fsp3) is 0.226. The number of H-pyrrole nitrogens is 2. The van der Waals surface area contributed by atoms with Gasteiger partial charge in [-0.3, -0.25) is 9.59 Å². The molecule has 3 aromatic carbocycles. The number of benzene rings is 3. The third-order valence-corrected chi connectivity index (χ3v) is 6.57. The number of carbonyl (C=O) groups excluding carboxylic acids is 2. The lowest BCUT2D eigenvalue weighted by molar-refractivity contribution is -0.110. The lowest BCUT2D eigenvalue weighted by Gasteiger charge is -2.16. The molecule has 5 rings (SSSR count). The molecule has 39 heavy (non-hydrogen) atoms. The van der Waals surface area contributed by atoms with Crippen molar-refractivity contribution in [3.8, 4) is 11.5 Å². The van der Waals surface area contributed by atoms with Gasteiger partial charge in [-0.05, 0) is 66.4 Å². The third-order valence-electron chi connectivity index (χ3n) is 6.57. The number of hydrogen-bond donors (Lipinski definition) is 4. The van der Waals surface area contributed by atoms with Gasteiger partial charge in [-0.25, -0.2) is 0 Å². The maximum absolute atomic E-state index is 12.6. The Hall–Kier alpha value is -4.72. The van der Waals surface area contributed by atoms with Crippen LogP contribution in [0.3, 0.4) is 0 Å². The number of carbonyl (C=O) groups is 2. The predicted octanol–water partition coefficient (Wildman–Crippen LogP) is 5.00. The summed E-state index contributed by atoms with van der Waals surface area (Å²) in [5, 5.41) is 7.71. The first-order chi connectivity index (χ1) is 19.0. The Kier molecular flexibility index (Phi) is 9.24. The Balaban J connectivity index is 0.000000298. The van der Waals surface area contributed by atoms with E-state index >= 15 is 0 Å². The Labute approximate surface area is 227 Å². The highest BCUT2D eigenvalue weighted by molar-refractivity contribution is 5.98. The molecule has 8 nitrogen and oxygen atoms in total. The molecule has 2 amide bonds. The molecule has 0 bridgehead atoms. The van der Waals surface area contributed by atoms with Crippen LogP contribution in [0.1, 0.15) is 28.5 Å². The molecular formula is C31H34N4O4. The summed E-state index contributed by atoms with van der Waals surface area (Å²) in [5.41, 5.74) is 4.78. The van der Waals surface area contributed by atoms with E-state index in [4.69, 9.17) is 9.47 Å². The van der Waals surface area contributed by atoms with Crippen LogP contribution in [0.4, 0.5) is 0 Å². The molecule has 0 spiro atoms. The largest absolute Gasteiger partial charge is 0.497 e. The summed E-state index contributed by atoms with van der Waals surface area (Å²) in [6.07, 6.45) is 4.28. The number of ether oxygens (including phenoxy) is 2. The highest BCUT2D eigenvalue weighted by Crippen LogP contribution is 2.22. The van der Waals surface area contributed by atoms with Crippen molar-refractivity contribution in [1.82, 2.24) is 20.6 Å². The molecule has 202 valence electrons. The normalized spacial score (nSPS) is 11.4. The van der Waals surface area contributed by atoms with Crippen molar-refractivity contribution in [3.63, 3.8) is 0 Å². The molecule has 1 atom stereocenters. The standard InChI is InChI=1S/C22H22N4O3.C9H12O/c1-29-17-6-7-19-14(9-17)10-21(26-19)22(28)24-12-16(25-13-27)8-15-11-23-20-5-3-2-4-18(15)20;1-3-8-5-4-6-9(7-8)10-2/h2-7,9-11,13,16,23,26H,8,12H2,1H3,(H,24,28)(H,25,27);4-7H,3H2,1-2H3/t16-;/m0./s1. The summed E-state index contributed by atoms with van der Waals surface area (Å²) in [5.74, 6) is 1.45. The summed E-state index contributed by atoms with van der Waals surface area (Å²) < 4.78 is 10.3. The number of aromatic nitrogens is 2. The van der Waals surface area contributed by atoms with E-state index < -0.39 is 0 Å². The lowest BCUT2D eigenvalue weighted by Crippen LogP contribution is -2.41. The minimum atomic E-state index is -0.225. The van der Waals surface area contributed by atoms with Gasteiger partial charge < -0.3 is 30.1 Å². The van der Waals surface area contributed by atoms with Crippen LogP contribution in [0.5, 0.6) is 11.5 Å². The second-order valence-electron chi connectivity index (χ2n) is 9.10. The Morgan fingerprint density at radius 1 is 0.949 bits per heavy atom. The number of rotatable bonds is 10. The first-order valence-corrected chi connectivity index (χ1v) is 12.9. The van der Waals surface area contributed by atoms with Crippen molar-refractivity contribution in [2.24, 2.45) is 0 Å². The zero-order chi connectivity index (χ0) is 27.6. The van der Waals surface area contributed by atoms with Gasteiger partial charge in [0, 0.05) is 40.6 Å². The van der Waals surface area contributed by atoms with Crippen LogP contribution in [-0.4, -0.2) is 49.1 Å². The van der Waals surface area contributed by atoms with Crippen LogP contribution in [0.25, 0.3) is 21.8 Å². The predicted molar refractivity (Wildman–Crippen MR) is 155 cm³/mol. The molecule has 0 radical (unpaired) electrons. The minimum Gasteiger partial charge on any atom is -0.497 e. The SMILES string of the molecule is CCc1cccc(OC)c1.COc1ccc2[nH]c(C(=O)NC[C@H](Cc3c[nH]c4ccccc34)NC=O)cc2c1. The van der Waals surface area contributed by atoms with Gasteiger partial charge in [0.1, 0.15) is 17.2 Å². The van der Waals surface area contributed by atoms with Crippen molar-refractivity contribution in [2.45, 2.75) is 25.8 Å². The van der Waals surface area contributed by atoms with E-state index in [1.165, 1.54) is 5.56 Å². The molecule has 0 unspecified atom stereocenters. The van der Waals surface area contributed by atoms with Gasteiger partial charge in [0.2, 0.25) is 6.41 Å². The van der Waals surface area contributed by atoms with Crippen molar-refractivity contribution in [2.75, 3.05) is 20.8 Å². The number of aryl methyl sites for hydroxylation is 1. The van der Waals surface area contributed by atoms with Gasteiger partial charge in [0.25, 0.3) is 5.91 Å². The average Bonchev–Trinajstić information content (AvgIpc) is 3.60. The van der Waals surface area contributed by atoms with Crippen molar-refractivity contribution in [1.29, 1.82) is 0 Å².